The molecule has 1 heterocycles. The Bertz CT molecular complexity index is 834. The molecule has 1 aromatic heterocycles. The third-order valence-corrected chi connectivity index (χ3v) is 3.47. The second-order valence-corrected chi connectivity index (χ2v) is 5.11. The maximum atomic E-state index is 12.4. The zero-order valence-corrected chi connectivity index (χ0v) is 11.9. The number of hydrogen-bond donors (Lipinski definition) is 2. The molecule has 0 spiro atoms. The van der Waals surface area contributed by atoms with Crippen molar-refractivity contribution < 1.29 is 9.21 Å². The van der Waals surface area contributed by atoms with Crippen molar-refractivity contribution in [3.05, 3.63) is 59.4 Å². The first-order valence-electron chi connectivity index (χ1n) is 6.72. The van der Waals surface area contributed by atoms with E-state index in [1.165, 1.54) is 0 Å². The molecule has 0 aliphatic carbocycles. The van der Waals surface area contributed by atoms with Crippen LogP contribution in [0.1, 0.15) is 21.7 Å². The van der Waals surface area contributed by atoms with E-state index in [-0.39, 0.29) is 11.7 Å². The average Bonchev–Trinajstić information content (AvgIpc) is 2.80. The fourth-order valence-corrected chi connectivity index (χ4v) is 2.37. The Kier molecular flexibility index (Phi) is 3.14. The molecular formula is C17H16N2O2. The number of fused-ring (bicyclic) bond motifs is 1. The lowest BCUT2D eigenvalue weighted by molar-refractivity contribution is 0.0999. The van der Waals surface area contributed by atoms with Crippen LogP contribution in [0.2, 0.25) is 0 Å². The number of para-hydroxylation sites is 1. The number of nitrogens with one attached hydrogen (secondary N) is 1. The highest BCUT2D eigenvalue weighted by atomic mass is 16.3. The van der Waals surface area contributed by atoms with Gasteiger partial charge in [0.05, 0.1) is 5.69 Å². The first-order chi connectivity index (χ1) is 10.1. The lowest BCUT2D eigenvalue weighted by Crippen LogP contribution is -2.13. The molecule has 4 nitrogen and oxygen atoms in total. The minimum atomic E-state index is -0.337. The van der Waals surface area contributed by atoms with Crippen molar-refractivity contribution in [1.82, 2.24) is 0 Å². The summed E-state index contributed by atoms with van der Waals surface area (Å²) in [7, 11) is 0. The van der Waals surface area contributed by atoms with E-state index >= 15 is 0 Å². The van der Waals surface area contributed by atoms with Crippen molar-refractivity contribution in [2.45, 2.75) is 13.8 Å². The minimum absolute atomic E-state index is 0.149. The van der Waals surface area contributed by atoms with Gasteiger partial charge in [-0.2, -0.15) is 0 Å². The maximum absolute atomic E-state index is 12.4. The number of benzene rings is 2. The van der Waals surface area contributed by atoms with Gasteiger partial charge in [0.25, 0.3) is 5.91 Å². The van der Waals surface area contributed by atoms with Crippen LogP contribution in [-0.4, -0.2) is 5.91 Å². The number of aryl methyl sites for hydroxylation is 2. The summed E-state index contributed by atoms with van der Waals surface area (Å²) in [6.07, 6.45) is 0. The highest BCUT2D eigenvalue weighted by molar-refractivity contribution is 6.11. The molecule has 21 heavy (non-hydrogen) atoms. The Morgan fingerprint density at radius 1 is 1.14 bits per heavy atom. The van der Waals surface area contributed by atoms with E-state index in [2.05, 4.69) is 5.32 Å². The van der Waals surface area contributed by atoms with Gasteiger partial charge in [0.2, 0.25) is 5.76 Å². The van der Waals surface area contributed by atoms with Crippen molar-refractivity contribution in [3.8, 4) is 0 Å². The van der Waals surface area contributed by atoms with Crippen LogP contribution in [0.15, 0.2) is 46.9 Å². The largest absolute Gasteiger partial charge is 0.449 e. The number of nitrogens with two attached hydrogens (primary N) is 1. The molecule has 2 aromatic carbocycles. The molecule has 3 aromatic rings. The van der Waals surface area contributed by atoms with Gasteiger partial charge in [-0.05, 0) is 37.6 Å². The zero-order chi connectivity index (χ0) is 15.0. The summed E-state index contributed by atoms with van der Waals surface area (Å²) in [5.74, 6) is -0.188. The highest BCUT2D eigenvalue weighted by Crippen LogP contribution is 2.29. The van der Waals surface area contributed by atoms with Crippen LogP contribution in [0.3, 0.4) is 0 Å². The first kappa shape index (κ1) is 13.2. The van der Waals surface area contributed by atoms with Gasteiger partial charge in [-0.25, -0.2) is 0 Å². The zero-order valence-electron chi connectivity index (χ0n) is 11.9. The number of carbonyl (C=O) groups excluding carboxylic acids is 1. The van der Waals surface area contributed by atoms with Gasteiger partial charge >= 0.3 is 0 Å². The maximum Gasteiger partial charge on any atom is 0.293 e. The molecule has 106 valence electrons. The number of nitrogen functional groups attached to an aromatic ring is 1. The summed E-state index contributed by atoms with van der Waals surface area (Å²) < 4.78 is 5.56. The van der Waals surface area contributed by atoms with E-state index < -0.39 is 0 Å². The van der Waals surface area contributed by atoms with Crippen LogP contribution in [0.4, 0.5) is 11.4 Å². The lowest BCUT2D eigenvalue weighted by Gasteiger charge is -2.08. The Morgan fingerprint density at radius 3 is 2.62 bits per heavy atom. The standard InChI is InChI=1S/C17H16N2O2/c1-10-7-8-13(11(2)9-10)19-17(20)16-15(18)12-5-3-4-6-14(12)21-16/h3-9H,18H2,1-2H3,(H,19,20). The molecule has 3 rings (SSSR count). The third-order valence-electron chi connectivity index (χ3n) is 3.47. The Hall–Kier alpha value is -2.75. The van der Waals surface area contributed by atoms with E-state index in [0.29, 0.717) is 11.3 Å². The Balaban J connectivity index is 1.95. The molecule has 1 amide bonds. The van der Waals surface area contributed by atoms with Gasteiger partial charge in [-0.3, -0.25) is 4.79 Å². The number of amides is 1. The normalized spacial score (nSPS) is 10.8. The van der Waals surface area contributed by atoms with Gasteiger partial charge in [0.1, 0.15) is 5.58 Å². The van der Waals surface area contributed by atoms with Crippen molar-refractivity contribution in [2.75, 3.05) is 11.1 Å². The number of rotatable bonds is 2. The molecule has 0 fully saturated rings. The number of anilines is 2. The van der Waals surface area contributed by atoms with Gasteiger partial charge in [0, 0.05) is 11.1 Å². The SMILES string of the molecule is Cc1ccc(NC(=O)c2oc3ccccc3c2N)c(C)c1. The highest BCUT2D eigenvalue weighted by Gasteiger charge is 2.18. The summed E-state index contributed by atoms with van der Waals surface area (Å²) in [6.45, 7) is 3.96. The van der Waals surface area contributed by atoms with Crippen LogP contribution in [0, 0.1) is 13.8 Å². The molecule has 0 saturated carbocycles. The predicted octanol–water partition coefficient (Wildman–Crippen LogP) is 3.88. The van der Waals surface area contributed by atoms with Gasteiger partial charge in [0.15, 0.2) is 0 Å². The molecule has 3 N–H and O–H groups in total. The second kappa shape index (κ2) is 4.98. The number of carbonyl (C=O) groups is 1. The fraction of sp³-hybridized carbons (Fsp3) is 0.118. The predicted molar refractivity (Wildman–Crippen MR) is 84.5 cm³/mol. The molecule has 0 aliphatic rings. The second-order valence-electron chi connectivity index (χ2n) is 5.11. The molecule has 0 bridgehead atoms. The summed E-state index contributed by atoms with van der Waals surface area (Å²) in [5, 5.41) is 3.60. The molecular weight excluding hydrogens is 264 g/mol. The minimum Gasteiger partial charge on any atom is -0.449 e. The quantitative estimate of drug-likeness (QED) is 0.748. The van der Waals surface area contributed by atoms with E-state index in [0.717, 1.165) is 22.2 Å². The van der Waals surface area contributed by atoms with Gasteiger partial charge < -0.3 is 15.5 Å². The van der Waals surface area contributed by atoms with Gasteiger partial charge in [-0.15, -0.1) is 0 Å². The summed E-state index contributed by atoms with van der Waals surface area (Å²) in [5.41, 5.74) is 9.88. The molecule has 0 unspecified atom stereocenters. The van der Waals surface area contributed by atoms with Gasteiger partial charge in [-0.1, -0.05) is 29.8 Å². The molecule has 0 aliphatic heterocycles. The lowest BCUT2D eigenvalue weighted by atomic mass is 10.1. The third kappa shape index (κ3) is 2.36. The van der Waals surface area contributed by atoms with Crippen molar-refractivity contribution in [3.63, 3.8) is 0 Å². The van der Waals surface area contributed by atoms with Crippen LogP contribution in [0.25, 0.3) is 11.0 Å². The van der Waals surface area contributed by atoms with Crippen molar-refractivity contribution in [1.29, 1.82) is 0 Å². The molecule has 0 radical (unpaired) electrons. The summed E-state index contributed by atoms with van der Waals surface area (Å²) in [6, 6.07) is 13.2. The van der Waals surface area contributed by atoms with Crippen LogP contribution >= 0.6 is 0 Å². The molecule has 0 atom stereocenters. The van der Waals surface area contributed by atoms with E-state index in [9.17, 15) is 4.79 Å². The monoisotopic (exact) mass is 280 g/mol. The topological polar surface area (TPSA) is 68.3 Å². The number of furan rings is 1. The number of hydrogen-bond acceptors (Lipinski definition) is 3. The fourth-order valence-electron chi connectivity index (χ4n) is 2.37. The smallest absolute Gasteiger partial charge is 0.293 e. The van der Waals surface area contributed by atoms with Crippen molar-refractivity contribution in [2.24, 2.45) is 0 Å². The molecule has 0 saturated heterocycles. The van der Waals surface area contributed by atoms with E-state index in [4.69, 9.17) is 10.2 Å². The first-order valence-corrected chi connectivity index (χ1v) is 6.72. The summed E-state index contributed by atoms with van der Waals surface area (Å²) >= 11 is 0. The summed E-state index contributed by atoms with van der Waals surface area (Å²) in [4.78, 5) is 12.4. The van der Waals surface area contributed by atoms with E-state index in [1.807, 2.05) is 50.2 Å². The van der Waals surface area contributed by atoms with Crippen molar-refractivity contribution >= 4 is 28.3 Å². The Labute approximate surface area is 122 Å². The average molecular weight is 280 g/mol. The van der Waals surface area contributed by atoms with Crippen LogP contribution < -0.4 is 11.1 Å². The van der Waals surface area contributed by atoms with E-state index in [1.54, 1.807) is 6.07 Å². The van der Waals surface area contributed by atoms with Crippen LogP contribution in [-0.2, 0) is 0 Å². The molecule has 4 heteroatoms. The van der Waals surface area contributed by atoms with Crippen LogP contribution in [0.5, 0.6) is 0 Å². The Morgan fingerprint density at radius 2 is 1.90 bits per heavy atom.